The van der Waals surface area contributed by atoms with Crippen molar-refractivity contribution in [2.75, 3.05) is 13.2 Å². The largest absolute Gasteiger partial charge is 0.493 e. The Labute approximate surface area is 201 Å². The minimum atomic E-state index is -2.54. The molecule has 0 aromatic heterocycles. The van der Waals surface area contributed by atoms with Gasteiger partial charge < -0.3 is 9.47 Å². The lowest BCUT2D eigenvalue weighted by Gasteiger charge is -2.14. The van der Waals surface area contributed by atoms with Gasteiger partial charge in [-0.1, -0.05) is 28.8 Å². The second kappa shape index (κ2) is 10.8. The second-order valence-corrected chi connectivity index (χ2v) is 9.55. The predicted molar refractivity (Wildman–Crippen MR) is 136 cm³/mol. The van der Waals surface area contributed by atoms with Gasteiger partial charge in [0, 0.05) is 0 Å². The van der Waals surface area contributed by atoms with E-state index in [0.717, 1.165) is 22.3 Å². The van der Waals surface area contributed by atoms with Crippen molar-refractivity contribution in [3.63, 3.8) is 0 Å². The van der Waals surface area contributed by atoms with E-state index < -0.39 is 19.1 Å². The Hall–Kier alpha value is -3.30. The Balaban J connectivity index is 2.13. The molecule has 6 heteroatoms. The van der Waals surface area contributed by atoms with Gasteiger partial charge in [0.15, 0.2) is 0 Å². The van der Waals surface area contributed by atoms with Crippen LogP contribution in [-0.2, 0) is 4.57 Å². The van der Waals surface area contributed by atoms with Crippen molar-refractivity contribution in [3.05, 3.63) is 87.5 Å². The summed E-state index contributed by atoms with van der Waals surface area (Å²) in [6.07, 6.45) is 0. The van der Waals surface area contributed by atoms with E-state index in [-0.39, 0.29) is 16.4 Å². The molecular weight excluding hydrogens is 447 g/mol. The molecule has 0 saturated carbocycles. The minimum absolute atomic E-state index is 0.198. The van der Waals surface area contributed by atoms with Gasteiger partial charge in [-0.05, 0) is 88.1 Å². The molecular formula is C28H30O5P+. The van der Waals surface area contributed by atoms with Crippen molar-refractivity contribution in [1.82, 2.24) is 0 Å². The van der Waals surface area contributed by atoms with Crippen LogP contribution in [0.1, 0.15) is 62.4 Å². The van der Waals surface area contributed by atoms with E-state index in [2.05, 4.69) is 0 Å². The second-order valence-electron chi connectivity index (χ2n) is 8.08. The van der Waals surface area contributed by atoms with Crippen LogP contribution in [0.2, 0.25) is 0 Å². The van der Waals surface area contributed by atoms with Crippen LogP contribution < -0.4 is 14.8 Å². The first kappa shape index (κ1) is 25.3. The summed E-state index contributed by atoms with van der Waals surface area (Å²) in [7, 11) is -2.54. The molecule has 1 atom stereocenters. The fourth-order valence-corrected chi connectivity index (χ4v) is 5.47. The summed E-state index contributed by atoms with van der Waals surface area (Å²) in [6, 6.07) is 13.7. The molecule has 0 amide bonds. The van der Waals surface area contributed by atoms with Crippen LogP contribution in [0.3, 0.4) is 0 Å². The van der Waals surface area contributed by atoms with Crippen molar-refractivity contribution in [2.24, 2.45) is 0 Å². The smallest absolute Gasteiger partial charge is 0.459 e. The molecule has 1 unspecified atom stereocenters. The monoisotopic (exact) mass is 477 g/mol. The maximum atomic E-state index is 13.8. The van der Waals surface area contributed by atoms with Gasteiger partial charge in [0.2, 0.25) is 11.1 Å². The van der Waals surface area contributed by atoms with E-state index >= 15 is 0 Å². The van der Waals surface area contributed by atoms with Gasteiger partial charge >= 0.3 is 13.3 Å². The Kier molecular flexibility index (Phi) is 8.01. The molecule has 0 heterocycles. The van der Waals surface area contributed by atoms with Crippen molar-refractivity contribution in [2.45, 2.75) is 41.5 Å². The zero-order chi connectivity index (χ0) is 25.0. The Morgan fingerprint density at radius 2 is 1.35 bits per heavy atom. The maximum Gasteiger partial charge on any atom is 0.459 e. The Bertz CT molecular complexity index is 1250. The summed E-state index contributed by atoms with van der Waals surface area (Å²) in [5.74, 6) is 0.374. The zero-order valence-electron chi connectivity index (χ0n) is 20.5. The SMILES string of the molecule is CCOc1cccc(OCC)c1C(=O)c1ccccc1[P+](=O)C(=O)c1c(C)cc(C)c(C)c1C. The number of benzene rings is 3. The van der Waals surface area contributed by atoms with E-state index in [0.29, 0.717) is 30.3 Å². The van der Waals surface area contributed by atoms with Gasteiger partial charge in [-0.3, -0.25) is 4.79 Å². The fourth-order valence-electron chi connectivity index (χ4n) is 4.09. The predicted octanol–water partition coefficient (Wildman–Crippen LogP) is 6.24. The molecule has 0 aliphatic rings. The number of carbonyl (C=O) groups excluding carboxylic acids is 2. The molecule has 3 aromatic carbocycles. The van der Waals surface area contributed by atoms with Gasteiger partial charge in [-0.2, -0.15) is 0 Å². The molecule has 0 radical (unpaired) electrons. The molecule has 0 N–H and O–H groups in total. The fraction of sp³-hybridized carbons (Fsp3) is 0.286. The summed E-state index contributed by atoms with van der Waals surface area (Å²) in [5, 5.41) is 0.207. The van der Waals surface area contributed by atoms with Gasteiger partial charge in [-0.15, -0.1) is 0 Å². The third kappa shape index (κ3) is 4.80. The Morgan fingerprint density at radius 3 is 1.94 bits per heavy atom. The molecule has 0 bridgehead atoms. The first-order valence-corrected chi connectivity index (χ1v) is 12.6. The molecule has 0 spiro atoms. The van der Waals surface area contributed by atoms with E-state index in [1.165, 1.54) is 0 Å². The van der Waals surface area contributed by atoms with Crippen LogP contribution >= 0.6 is 7.80 Å². The lowest BCUT2D eigenvalue weighted by atomic mass is 9.95. The standard InChI is InChI=1S/C28H30O5P/c1-7-32-22-13-11-14-23(33-8-2)26(22)27(29)21-12-9-10-15-24(21)34(31)28(30)25-18(4)16-17(3)19(5)20(25)6/h9-16H,7-8H2,1-6H3/q+1. The first-order chi connectivity index (χ1) is 16.2. The maximum absolute atomic E-state index is 13.8. The highest BCUT2D eigenvalue weighted by molar-refractivity contribution is 7.71. The molecule has 5 nitrogen and oxygen atoms in total. The van der Waals surface area contributed by atoms with Crippen LogP contribution in [0.25, 0.3) is 0 Å². The highest BCUT2D eigenvalue weighted by Gasteiger charge is 2.39. The molecule has 176 valence electrons. The third-order valence-corrected chi connectivity index (χ3v) is 7.36. The summed E-state index contributed by atoms with van der Waals surface area (Å²) in [5.41, 5.74) is 4.10. The number of aryl methyl sites for hydroxylation is 2. The number of hydrogen-bond donors (Lipinski definition) is 0. The van der Waals surface area contributed by atoms with Crippen LogP contribution in [0.4, 0.5) is 0 Å². The number of hydrogen-bond acceptors (Lipinski definition) is 5. The first-order valence-electron chi connectivity index (χ1n) is 11.3. The quantitative estimate of drug-likeness (QED) is 0.269. The molecule has 34 heavy (non-hydrogen) atoms. The number of rotatable bonds is 9. The highest BCUT2D eigenvalue weighted by atomic mass is 31.1. The third-order valence-electron chi connectivity index (χ3n) is 5.94. The van der Waals surface area contributed by atoms with Crippen LogP contribution in [0, 0.1) is 27.7 Å². The molecule has 0 aliphatic carbocycles. The topological polar surface area (TPSA) is 69.7 Å². The van der Waals surface area contributed by atoms with Crippen molar-refractivity contribution in [1.29, 1.82) is 0 Å². The zero-order valence-corrected chi connectivity index (χ0v) is 21.4. The minimum Gasteiger partial charge on any atom is -0.493 e. The average molecular weight is 478 g/mol. The van der Waals surface area contributed by atoms with Crippen LogP contribution in [-0.4, -0.2) is 24.5 Å². The summed E-state index contributed by atoms with van der Waals surface area (Å²) >= 11 is 0. The van der Waals surface area contributed by atoms with E-state index in [9.17, 15) is 14.2 Å². The van der Waals surface area contributed by atoms with Gasteiger partial charge in [0.25, 0.3) is 0 Å². The molecule has 0 aliphatic heterocycles. The molecule has 3 aromatic rings. The molecule has 0 fully saturated rings. The molecule has 3 rings (SSSR count). The lowest BCUT2D eigenvalue weighted by molar-refractivity contribution is 0.103. The molecule has 0 saturated heterocycles. The van der Waals surface area contributed by atoms with Crippen LogP contribution in [0.15, 0.2) is 48.5 Å². The Morgan fingerprint density at radius 1 is 0.765 bits per heavy atom. The van der Waals surface area contributed by atoms with Gasteiger partial charge in [-0.25, -0.2) is 4.79 Å². The number of carbonyl (C=O) groups is 2. The van der Waals surface area contributed by atoms with Crippen molar-refractivity contribution < 1.29 is 23.6 Å². The van der Waals surface area contributed by atoms with E-state index in [1.807, 2.05) is 47.6 Å². The lowest BCUT2D eigenvalue weighted by Crippen LogP contribution is -2.18. The van der Waals surface area contributed by atoms with Crippen molar-refractivity contribution >= 4 is 24.4 Å². The normalized spacial score (nSPS) is 11.2. The average Bonchev–Trinajstić information content (AvgIpc) is 2.82. The van der Waals surface area contributed by atoms with E-state index in [4.69, 9.17) is 9.47 Å². The number of ketones is 1. The van der Waals surface area contributed by atoms with Crippen LogP contribution in [0.5, 0.6) is 11.5 Å². The van der Waals surface area contributed by atoms with E-state index in [1.54, 1.807) is 42.5 Å². The number of ether oxygens (including phenoxy) is 2. The summed E-state index contributed by atoms with van der Waals surface area (Å²) in [6.45, 7) is 12.1. The van der Waals surface area contributed by atoms with Gasteiger partial charge in [0.05, 0.1) is 24.3 Å². The highest BCUT2D eigenvalue weighted by Crippen LogP contribution is 2.36. The van der Waals surface area contributed by atoms with Gasteiger partial charge in [0.1, 0.15) is 17.1 Å². The summed E-state index contributed by atoms with van der Waals surface area (Å²) in [4.78, 5) is 27.2. The van der Waals surface area contributed by atoms with Crippen molar-refractivity contribution in [3.8, 4) is 11.5 Å². The summed E-state index contributed by atoms with van der Waals surface area (Å²) < 4.78 is 25.0.